The van der Waals surface area contributed by atoms with Crippen LogP contribution in [0.4, 0.5) is 0 Å². The van der Waals surface area contributed by atoms with Crippen molar-refractivity contribution >= 4 is 30.1 Å². The van der Waals surface area contributed by atoms with Crippen molar-refractivity contribution in [3.05, 3.63) is 0 Å². The van der Waals surface area contributed by atoms with Gasteiger partial charge in [-0.25, -0.2) is 0 Å². The third kappa shape index (κ3) is 4.49. The van der Waals surface area contributed by atoms with Crippen molar-refractivity contribution in [3.63, 3.8) is 0 Å². The molecule has 0 spiro atoms. The topological polar surface area (TPSA) is 55.6 Å². The van der Waals surface area contributed by atoms with Crippen molar-refractivity contribution in [2.45, 2.75) is 24.6 Å². The van der Waals surface area contributed by atoms with Crippen LogP contribution in [-0.4, -0.2) is 54.7 Å². The highest BCUT2D eigenvalue weighted by Gasteiger charge is 2.26. The fourth-order valence-corrected chi connectivity index (χ4v) is 2.83. The molecule has 2 atom stereocenters. The fourth-order valence-electron chi connectivity index (χ4n) is 1.65. The molecule has 0 saturated carbocycles. The van der Waals surface area contributed by atoms with Gasteiger partial charge in [0.05, 0.1) is 6.61 Å². The van der Waals surface area contributed by atoms with Crippen LogP contribution >= 0.6 is 24.2 Å². The van der Waals surface area contributed by atoms with Crippen LogP contribution in [0.15, 0.2) is 0 Å². The predicted octanol–water partition coefficient (Wildman–Crippen LogP) is 0.736. The standard InChI is InChI=1S/C10H20N2O2S.ClH/c1-3-8-6-12(4-5-15-8)10(13)9(11)7-14-2;/h8-9H,3-7,11H2,1-2H3;1H. The highest BCUT2D eigenvalue weighted by molar-refractivity contribution is 8.00. The minimum Gasteiger partial charge on any atom is -0.383 e. The molecule has 1 aliphatic rings. The van der Waals surface area contributed by atoms with Crippen molar-refractivity contribution in [1.29, 1.82) is 0 Å². The van der Waals surface area contributed by atoms with E-state index in [0.29, 0.717) is 11.9 Å². The summed E-state index contributed by atoms with van der Waals surface area (Å²) >= 11 is 1.94. The van der Waals surface area contributed by atoms with Crippen LogP contribution in [0.3, 0.4) is 0 Å². The van der Waals surface area contributed by atoms with Gasteiger partial charge in [-0.2, -0.15) is 11.8 Å². The normalized spacial score (nSPS) is 22.4. The second kappa shape index (κ2) is 8.17. The van der Waals surface area contributed by atoms with E-state index in [2.05, 4.69) is 6.92 Å². The molecule has 1 saturated heterocycles. The molecular formula is C10H21ClN2O2S. The smallest absolute Gasteiger partial charge is 0.241 e. The van der Waals surface area contributed by atoms with E-state index in [1.54, 1.807) is 7.11 Å². The summed E-state index contributed by atoms with van der Waals surface area (Å²) in [5, 5.41) is 0.567. The first-order valence-electron chi connectivity index (χ1n) is 5.34. The SMILES string of the molecule is CCC1CN(C(=O)C(N)COC)CCS1.Cl. The number of methoxy groups -OCH3 is 1. The van der Waals surface area contributed by atoms with Gasteiger partial charge in [-0.3, -0.25) is 4.79 Å². The number of hydrogen-bond donors (Lipinski definition) is 1. The van der Waals surface area contributed by atoms with Crippen molar-refractivity contribution in [2.24, 2.45) is 5.73 Å². The number of amides is 1. The van der Waals surface area contributed by atoms with Gasteiger partial charge >= 0.3 is 0 Å². The number of ether oxygens (including phenoxy) is 1. The molecule has 0 aromatic heterocycles. The van der Waals surface area contributed by atoms with Gasteiger partial charge in [-0.05, 0) is 6.42 Å². The van der Waals surface area contributed by atoms with Gasteiger partial charge in [0.1, 0.15) is 6.04 Å². The van der Waals surface area contributed by atoms with Gasteiger partial charge in [-0.15, -0.1) is 12.4 Å². The largest absolute Gasteiger partial charge is 0.383 e. The Morgan fingerprint density at radius 2 is 2.38 bits per heavy atom. The minimum absolute atomic E-state index is 0. The number of rotatable bonds is 4. The summed E-state index contributed by atoms with van der Waals surface area (Å²) in [6.07, 6.45) is 1.11. The Morgan fingerprint density at radius 3 is 2.94 bits per heavy atom. The molecule has 1 rings (SSSR count). The lowest BCUT2D eigenvalue weighted by atomic mass is 10.2. The molecule has 1 fully saturated rings. The van der Waals surface area contributed by atoms with Crippen LogP contribution in [0.1, 0.15) is 13.3 Å². The van der Waals surface area contributed by atoms with Gasteiger partial charge in [0.2, 0.25) is 5.91 Å². The van der Waals surface area contributed by atoms with E-state index in [4.69, 9.17) is 10.5 Å². The maximum absolute atomic E-state index is 11.9. The molecule has 1 heterocycles. The lowest BCUT2D eigenvalue weighted by Crippen LogP contribution is -2.50. The van der Waals surface area contributed by atoms with Gasteiger partial charge in [0, 0.05) is 31.2 Å². The molecule has 1 aliphatic heterocycles. The molecule has 0 bridgehead atoms. The van der Waals surface area contributed by atoms with Crippen molar-refractivity contribution < 1.29 is 9.53 Å². The highest BCUT2D eigenvalue weighted by atomic mass is 35.5. The Morgan fingerprint density at radius 1 is 1.69 bits per heavy atom. The molecule has 0 radical (unpaired) electrons. The molecule has 2 unspecified atom stereocenters. The molecule has 0 aromatic rings. The first-order chi connectivity index (χ1) is 7.19. The maximum atomic E-state index is 11.9. The lowest BCUT2D eigenvalue weighted by Gasteiger charge is -2.33. The van der Waals surface area contributed by atoms with Gasteiger partial charge in [-0.1, -0.05) is 6.92 Å². The minimum atomic E-state index is -0.504. The Balaban J connectivity index is 0.00000225. The quantitative estimate of drug-likeness (QED) is 0.817. The van der Waals surface area contributed by atoms with E-state index < -0.39 is 6.04 Å². The van der Waals surface area contributed by atoms with Crippen molar-refractivity contribution in [2.75, 3.05) is 32.6 Å². The number of nitrogens with two attached hydrogens (primary N) is 1. The summed E-state index contributed by atoms with van der Waals surface area (Å²) in [5.74, 6) is 1.04. The summed E-state index contributed by atoms with van der Waals surface area (Å²) in [6, 6.07) is -0.504. The number of halogens is 1. The first-order valence-corrected chi connectivity index (χ1v) is 6.38. The van der Waals surface area contributed by atoms with Crippen LogP contribution < -0.4 is 5.73 Å². The molecule has 0 aromatic carbocycles. The van der Waals surface area contributed by atoms with E-state index in [1.807, 2.05) is 16.7 Å². The Kier molecular flexibility index (Phi) is 8.18. The maximum Gasteiger partial charge on any atom is 0.241 e. The zero-order chi connectivity index (χ0) is 11.3. The van der Waals surface area contributed by atoms with Gasteiger partial charge < -0.3 is 15.4 Å². The molecule has 4 nitrogen and oxygen atoms in total. The number of carbonyl (C=O) groups is 1. The molecular weight excluding hydrogens is 248 g/mol. The number of nitrogens with zero attached hydrogens (tertiary/aromatic N) is 1. The van der Waals surface area contributed by atoms with E-state index in [0.717, 1.165) is 25.3 Å². The van der Waals surface area contributed by atoms with E-state index in [9.17, 15) is 4.79 Å². The zero-order valence-corrected chi connectivity index (χ0v) is 11.5. The van der Waals surface area contributed by atoms with E-state index in [1.165, 1.54) is 0 Å². The second-order valence-corrected chi connectivity index (χ2v) is 5.16. The van der Waals surface area contributed by atoms with Crippen LogP contribution in [0, 0.1) is 0 Å². The van der Waals surface area contributed by atoms with Crippen LogP contribution in [-0.2, 0) is 9.53 Å². The van der Waals surface area contributed by atoms with Gasteiger partial charge in [0.25, 0.3) is 0 Å². The highest BCUT2D eigenvalue weighted by Crippen LogP contribution is 2.21. The van der Waals surface area contributed by atoms with Crippen LogP contribution in [0.2, 0.25) is 0 Å². The zero-order valence-electron chi connectivity index (χ0n) is 9.85. The lowest BCUT2D eigenvalue weighted by molar-refractivity contribution is -0.133. The fraction of sp³-hybridized carbons (Fsp3) is 0.900. The number of carbonyl (C=O) groups excluding carboxylic acids is 1. The predicted molar refractivity (Wildman–Crippen MR) is 70.2 cm³/mol. The Bertz CT molecular complexity index is 219. The molecule has 2 N–H and O–H groups in total. The first kappa shape index (κ1) is 16.0. The van der Waals surface area contributed by atoms with E-state index in [-0.39, 0.29) is 18.3 Å². The molecule has 1 amide bonds. The summed E-state index contributed by atoms with van der Waals surface area (Å²) in [4.78, 5) is 13.7. The van der Waals surface area contributed by atoms with Crippen LogP contribution in [0.25, 0.3) is 0 Å². The summed E-state index contributed by atoms with van der Waals surface area (Å²) < 4.78 is 4.89. The van der Waals surface area contributed by atoms with Crippen molar-refractivity contribution in [3.8, 4) is 0 Å². The third-order valence-electron chi connectivity index (χ3n) is 2.57. The number of hydrogen-bond acceptors (Lipinski definition) is 4. The summed E-state index contributed by atoms with van der Waals surface area (Å²) in [5.41, 5.74) is 5.72. The monoisotopic (exact) mass is 268 g/mol. The average molecular weight is 269 g/mol. The molecule has 0 aliphatic carbocycles. The van der Waals surface area contributed by atoms with Gasteiger partial charge in [0.15, 0.2) is 0 Å². The Labute approximate surface area is 108 Å². The Hall–Kier alpha value is 0.0300. The third-order valence-corrected chi connectivity index (χ3v) is 3.94. The summed E-state index contributed by atoms with van der Waals surface area (Å²) in [6.45, 7) is 4.11. The molecule has 16 heavy (non-hydrogen) atoms. The van der Waals surface area contributed by atoms with Crippen LogP contribution in [0.5, 0.6) is 0 Å². The molecule has 6 heteroatoms. The molecule has 96 valence electrons. The second-order valence-electron chi connectivity index (χ2n) is 3.75. The number of thioether (sulfide) groups is 1. The average Bonchev–Trinajstić information content (AvgIpc) is 2.28. The summed E-state index contributed by atoms with van der Waals surface area (Å²) in [7, 11) is 1.56. The van der Waals surface area contributed by atoms with Crippen molar-refractivity contribution in [1.82, 2.24) is 4.90 Å². The van der Waals surface area contributed by atoms with E-state index >= 15 is 0 Å².